The first-order valence-corrected chi connectivity index (χ1v) is 5.88. The van der Waals surface area contributed by atoms with E-state index in [1.165, 1.54) is 4.90 Å². The van der Waals surface area contributed by atoms with Crippen LogP contribution in [0.1, 0.15) is 13.3 Å². The van der Waals surface area contributed by atoms with E-state index >= 15 is 0 Å². The zero-order valence-corrected chi connectivity index (χ0v) is 9.74. The highest BCUT2D eigenvalue weighted by Gasteiger charge is 2.34. The Labute approximate surface area is 90.8 Å². The third-order valence-electron chi connectivity index (χ3n) is 2.44. The van der Waals surface area contributed by atoms with E-state index in [-0.39, 0.29) is 0 Å². The molecule has 1 aliphatic rings. The maximum atomic E-state index is 12.1. The van der Waals surface area contributed by atoms with Crippen molar-refractivity contribution in [3.05, 3.63) is 0 Å². The van der Waals surface area contributed by atoms with Gasteiger partial charge in [0, 0.05) is 18.4 Å². The lowest BCUT2D eigenvalue weighted by Gasteiger charge is -2.36. The van der Waals surface area contributed by atoms with Gasteiger partial charge in [0.15, 0.2) is 0 Å². The standard InChI is InChI=1S/C9H15BrF3N/c1-7-2-8(3-10)5-14(4-7)6-9(11,12)13/h7-8H,2-6H2,1H3. The molecule has 0 bridgehead atoms. The fourth-order valence-corrected chi connectivity index (χ4v) is 2.56. The largest absolute Gasteiger partial charge is 0.401 e. The second-order valence-electron chi connectivity index (χ2n) is 4.17. The Hall–Kier alpha value is 0.230. The van der Waals surface area contributed by atoms with Crippen LogP contribution in [0.3, 0.4) is 0 Å². The van der Waals surface area contributed by atoms with Gasteiger partial charge in [-0.25, -0.2) is 0 Å². The van der Waals surface area contributed by atoms with Crippen molar-refractivity contribution in [3.63, 3.8) is 0 Å². The average molecular weight is 274 g/mol. The van der Waals surface area contributed by atoms with Crippen LogP contribution in [0.25, 0.3) is 0 Å². The third-order valence-corrected chi connectivity index (χ3v) is 3.36. The minimum Gasteiger partial charge on any atom is -0.294 e. The predicted octanol–water partition coefficient (Wildman–Crippen LogP) is 2.90. The number of piperidine rings is 1. The van der Waals surface area contributed by atoms with Crippen LogP contribution < -0.4 is 0 Å². The van der Waals surface area contributed by atoms with Crippen molar-refractivity contribution in [1.29, 1.82) is 0 Å². The van der Waals surface area contributed by atoms with E-state index in [2.05, 4.69) is 15.9 Å². The summed E-state index contributed by atoms with van der Waals surface area (Å²) >= 11 is 3.34. The quantitative estimate of drug-likeness (QED) is 0.700. The van der Waals surface area contributed by atoms with Crippen LogP contribution >= 0.6 is 15.9 Å². The minimum absolute atomic E-state index is 0.362. The molecule has 2 atom stereocenters. The number of hydrogen-bond acceptors (Lipinski definition) is 1. The van der Waals surface area contributed by atoms with Crippen LogP contribution in [-0.4, -0.2) is 36.0 Å². The molecule has 5 heteroatoms. The first-order chi connectivity index (χ1) is 6.40. The fourth-order valence-electron chi connectivity index (χ4n) is 2.09. The molecule has 1 saturated heterocycles. The van der Waals surface area contributed by atoms with E-state index in [1.807, 2.05) is 6.92 Å². The van der Waals surface area contributed by atoms with Crippen LogP contribution in [0, 0.1) is 11.8 Å². The van der Waals surface area contributed by atoms with Crippen molar-refractivity contribution in [1.82, 2.24) is 4.90 Å². The number of rotatable bonds is 2. The van der Waals surface area contributed by atoms with Crippen molar-refractivity contribution >= 4 is 15.9 Å². The van der Waals surface area contributed by atoms with Gasteiger partial charge < -0.3 is 0 Å². The summed E-state index contributed by atoms with van der Waals surface area (Å²) in [6.07, 6.45) is -3.03. The highest BCUT2D eigenvalue weighted by molar-refractivity contribution is 9.09. The highest BCUT2D eigenvalue weighted by atomic mass is 79.9. The number of hydrogen-bond donors (Lipinski definition) is 0. The second kappa shape index (κ2) is 4.84. The number of nitrogens with zero attached hydrogens (tertiary/aromatic N) is 1. The molecule has 0 radical (unpaired) electrons. The van der Waals surface area contributed by atoms with Crippen molar-refractivity contribution < 1.29 is 13.2 Å². The maximum Gasteiger partial charge on any atom is 0.401 e. The van der Waals surface area contributed by atoms with E-state index in [9.17, 15) is 13.2 Å². The van der Waals surface area contributed by atoms with Gasteiger partial charge in [0.2, 0.25) is 0 Å². The summed E-state index contributed by atoms with van der Waals surface area (Å²) in [4.78, 5) is 1.51. The molecule has 0 aromatic heterocycles. The van der Waals surface area contributed by atoms with Gasteiger partial charge >= 0.3 is 6.18 Å². The smallest absolute Gasteiger partial charge is 0.294 e. The van der Waals surface area contributed by atoms with E-state index < -0.39 is 12.7 Å². The Morgan fingerprint density at radius 1 is 1.36 bits per heavy atom. The molecule has 0 saturated carbocycles. The molecular weight excluding hydrogens is 259 g/mol. The van der Waals surface area contributed by atoms with Crippen molar-refractivity contribution in [2.45, 2.75) is 19.5 Å². The first-order valence-electron chi connectivity index (χ1n) is 4.76. The minimum atomic E-state index is -4.06. The molecule has 1 nitrogen and oxygen atoms in total. The van der Waals surface area contributed by atoms with Crippen LogP contribution in [-0.2, 0) is 0 Å². The molecule has 1 heterocycles. The monoisotopic (exact) mass is 273 g/mol. The van der Waals surface area contributed by atoms with Gasteiger partial charge in [-0.1, -0.05) is 22.9 Å². The molecule has 84 valence electrons. The van der Waals surface area contributed by atoms with Crippen LogP contribution in [0.2, 0.25) is 0 Å². The van der Waals surface area contributed by atoms with Crippen LogP contribution in [0.5, 0.6) is 0 Å². The zero-order valence-electron chi connectivity index (χ0n) is 8.15. The molecule has 1 aliphatic heterocycles. The normalized spacial score (nSPS) is 30.6. The predicted molar refractivity (Wildman–Crippen MR) is 53.6 cm³/mol. The Bertz CT molecular complexity index is 183. The lowest BCUT2D eigenvalue weighted by Crippen LogP contribution is -2.44. The molecular formula is C9H15BrF3N. The number of halogens is 4. The SMILES string of the molecule is CC1CC(CBr)CN(CC(F)(F)F)C1. The van der Waals surface area contributed by atoms with E-state index in [1.54, 1.807) is 0 Å². The van der Waals surface area contributed by atoms with Crippen molar-refractivity contribution in [3.8, 4) is 0 Å². The van der Waals surface area contributed by atoms with Gasteiger partial charge in [0.05, 0.1) is 6.54 Å². The molecule has 1 rings (SSSR count). The Morgan fingerprint density at radius 3 is 2.50 bits per heavy atom. The Balaban J connectivity index is 2.45. The summed E-state index contributed by atoms with van der Waals surface area (Å²) in [5.41, 5.74) is 0. The summed E-state index contributed by atoms with van der Waals surface area (Å²) < 4.78 is 36.4. The summed E-state index contributed by atoms with van der Waals surface area (Å²) in [7, 11) is 0. The zero-order chi connectivity index (χ0) is 10.8. The first kappa shape index (κ1) is 12.3. The second-order valence-corrected chi connectivity index (χ2v) is 4.82. The van der Waals surface area contributed by atoms with Crippen molar-refractivity contribution in [2.24, 2.45) is 11.8 Å². The van der Waals surface area contributed by atoms with E-state index in [0.29, 0.717) is 24.9 Å². The summed E-state index contributed by atoms with van der Waals surface area (Å²) in [5.74, 6) is 0.731. The molecule has 0 aromatic carbocycles. The average Bonchev–Trinajstić information content (AvgIpc) is 1.99. The molecule has 2 unspecified atom stereocenters. The maximum absolute atomic E-state index is 12.1. The Morgan fingerprint density at radius 2 is 2.00 bits per heavy atom. The Kier molecular flexibility index (Phi) is 4.25. The summed E-state index contributed by atoms with van der Waals surface area (Å²) in [6, 6.07) is 0. The molecule has 1 fully saturated rings. The van der Waals surface area contributed by atoms with Crippen LogP contribution in [0.4, 0.5) is 13.2 Å². The molecule has 0 spiro atoms. The molecule has 0 amide bonds. The van der Waals surface area contributed by atoms with E-state index in [0.717, 1.165) is 11.8 Å². The molecule has 0 aromatic rings. The van der Waals surface area contributed by atoms with Crippen LogP contribution in [0.15, 0.2) is 0 Å². The van der Waals surface area contributed by atoms with Gasteiger partial charge in [-0.05, 0) is 18.3 Å². The topological polar surface area (TPSA) is 3.24 Å². The van der Waals surface area contributed by atoms with E-state index in [4.69, 9.17) is 0 Å². The summed E-state index contributed by atoms with van der Waals surface area (Å²) in [6.45, 7) is 2.39. The van der Waals surface area contributed by atoms with Gasteiger partial charge in [-0.2, -0.15) is 13.2 Å². The molecule has 14 heavy (non-hydrogen) atoms. The number of alkyl halides is 4. The fraction of sp³-hybridized carbons (Fsp3) is 1.00. The lowest BCUT2D eigenvalue weighted by molar-refractivity contribution is -0.150. The molecule has 0 aliphatic carbocycles. The van der Waals surface area contributed by atoms with Gasteiger partial charge in [0.1, 0.15) is 0 Å². The van der Waals surface area contributed by atoms with Gasteiger partial charge in [0.25, 0.3) is 0 Å². The number of likely N-dealkylation sites (tertiary alicyclic amines) is 1. The summed E-state index contributed by atoms with van der Waals surface area (Å²) in [5, 5.41) is 0.797. The highest BCUT2D eigenvalue weighted by Crippen LogP contribution is 2.26. The lowest BCUT2D eigenvalue weighted by atomic mass is 9.92. The van der Waals surface area contributed by atoms with Gasteiger partial charge in [-0.3, -0.25) is 4.90 Å². The molecule has 0 N–H and O–H groups in total. The van der Waals surface area contributed by atoms with Gasteiger partial charge in [-0.15, -0.1) is 0 Å². The third kappa shape index (κ3) is 4.17. The van der Waals surface area contributed by atoms with Crippen molar-refractivity contribution in [2.75, 3.05) is 25.0 Å².